The molecule has 5 heteroatoms. The highest BCUT2D eigenvalue weighted by atomic mass is 16.5. The summed E-state index contributed by atoms with van der Waals surface area (Å²) in [6.45, 7) is 4.36. The van der Waals surface area contributed by atoms with E-state index >= 15 is 0 Å². The van der Waals surface area contributed by atoms with Gasteiger partial charge in [-0.3, -0.25) is 9.58 Å². The molecule has 0 aliphatic heterocycles. The summed E-state index contributed by atoms with van der Waals surface area (Å²) in [6, 6.07) is 0. The van der Waals surface area contributed by atoms with E-state index < -0.39 is 6.10 Å². The van der Waals surface area contributed by atoms with E-state index in [0.717, 1.165) is 12.1 Å². The fourth-order valence-electron chi connectivity index (χ4n) is 1.60. The third-order valence-electron chi connectivity index (χ3n) is 2.25. The third-order valence-corrected chi connectivity index (χ3v) is 2.25. The second-order valence-electron chi connectivity index (χ2n) is 4.03. The highest BCUT2D eigenvalue weighted by Gasteiger charge is 2.09. The molecule has 5 nitrogen and oxygen atoms in total. The van der Waals surface area contributed by atoms with E-state index in [9.17, 15) is 5.11 Å². The molecule has 0 fully saturated rings. The topological polar surface area (TPSA) is 50.5 Å². The number of rotatable bonds is 7. The minimum absolute atomic E-state index is 0.397. The van der Waals surface area contributed by atoms with Gasteiger partial charge in [-0.2, -0.15) is 5.10 Å². The molecule has 1 unspecified atom stereocenters. The Morgan fingerprint density at radius 1 is 1.62 bits per heavy atom. The second-order valence-corrected chi connectivity index (χ2v) is 4.03. The molecule has 1 N–H and O–H groups in total. The molecule has 1 atom stereocenters. The zero-order valence-electron chi connectivity index (χ0n) is 10.3. The minimum Gasteiger partial charge on any atom is -0.389 e. The van der Waals surface area contributed by atoms with Gasteiger partial charge in [0.1, 0.15) is 0 Å². The summed E-state index contributed by atoms with van der Waals surface area (Å²) < 4.78 is 6.93. The van der Waals surface area contributed by atoms with Crippen LogP contribution in [0.1, 0.15) is 12.5 Å². The lowest BCUT2D eigenvalue weighted by Gasteiger charge is -2.19. The van der Waals surface area contributed by atoms with Crippen molar-refractivity contribution in [3.63, 3.8) is 0 Å². The maximum atomic E-state index is 9.65. The van der Waals surface area contributed by atoms with E-state index in [0.29, 0.717) is 19.8 Å². The number of aliphatic hydroxyl groups excluding tert-OH is 1. The van der Waals surface area contributed by atoms with Crippen molar-refractivity contribution in [1.82, 2.24) is 14.7 Å². The van der Waals surface area contributed by atoms with Crippen LogP contribution < -0.4 is 0 Å². The van der Waals surface area contributed by atoms with Crippen LogP contribution in [0.2, 0.25) is 0 Å². The number of likely N-dealkylation sites (N-methyl/N-ethyl adjacent to an activating group) is 1. The summed E-state index contributed by atoms with van der Waals surface area (Å²) in [6.07, 6.45) is 3.39. The standard InChI is InChI=1S/C11H21N3O2/c1-4-16-9-11(15)8-13(2)6-10-5-12-14(3)7-10/h5,7,11,15H,4,6,8-9H2,1-3H3. The predicted octanol–water partition coefficient (Wildman–Crippen LogP) is 0.249. The number of aryl methyl sites for hydroxylation is 1. The fourth-order valence-corrected chi connectivity index (χ4v) is 1.60. The highest BCUT2D eigenvalue weighted by Crippen LogP contribution is 2.02. The van der Waals surface area contributed by atoms with Gasteiger partial charge >= 0.3 is 0 Å². The van der Waals surface area contributed by atoms with Gasteiger partial charge in [-0.1, -0.05) is 0 Å². The Kier molecular flexibility index (Phi) is 5.45. The number of aromatic nitrogens is 2. The Hall–Kier alpha value is -0.910. The monoisotopic (exact) mass is 227 g/mol. The van der Waals surface area contributed by atoms with Gasteiger partial charge in [0.15, 0.2) is 0 Å². The molecule has 0 radical (unpaired) electrons. The van der Waals surface area contributed by atoms with E-state index in [1.807, 2.05) is 33.4 Å². The molecule has 0 amide bonds. The molecule has 92 valence electrons. The van der Waals surface area contributed by atoms with Gasteiger partial charge < -0.3 is 9.84 Å². The molecule has 1 heterocycles. The smallest absolute Gasteiger partial charge is 0.0900 e. The predicted molar refractivity (Wildman–Crippen MR) is 62.0 cm³/mol. The van der Waals surface area contributed by atoms with Crippen molar-refractivity contribution in [2.75, 3.05) is 26.8 Å². The Balaban J connectivity index is 2.27. The first-order chi connectivity index (χ1) is 7.61. The number of aliphatic hydroxyl groups is 1. The van der Waals surface area contributed by atoms with Crippen LogP contribution in [0.25, 0.3) is 0 Å². The number of hydrogen-bond donors (Lipinski definition) is 1. The average molecular weight is 227 g/mol. The van der Waals surface area contributed by atoms with Crippen LogP contribution in [-0.2, 0) is 18.3 Å². The molecular weight excluding hydrogens is 206 g/mol. The maximum Gasteiger partial charge on any atom is 0.0900 e. The summed E-state index contributed by atoms with van der Waals surface area (Å²) in [4.78, 5) is 2.06. The molecule has 0 aliphatic rings. The number of nitrogens with zero attached hydrogens (tertiary/aromatic N) is 3. The molecule has 1 rings (SSSR count). The van der Waals surface area contributed by atoms with Crippen molar-refractivity contribution >= 4 is 0 Å². The van der Waals surface area contributed by atoms with E-state index in [4.69, 9.17) is 4.74 Å². The lowest BCUT2D eigenvalue weighted by molar-refractivity contribution is 0.0244. The van der Waals surface area contributed by atoms with Gasteiger partial charge in [0.25, 0.3) is 0 Å². The molecule has 0 saturated heterocycles. The molecule has 0 aromatic carbocycles. The van der Waals surface area contributed by atoms with E-state index in [1.54, 1.807) is 4.68 Å². The SMILES string of the molecule is CCOCC(O)CN(C)Cc1cnn(C)c1. The fraction of sp³-hybridized carbons (Fsp3) is 0.727. The molecule has 16 heavy (non-hydrogen) atoms. The second kappa shape index (κ2) is 6.62. The van der Waals surface area contributed by atoms with E-state index in [1.165, 1.54) is 0 Å². The third kappa shape index (κ3) is 4.74. The zero-order valence-corrected chi connectivity index (χ0v) is 10.3. The van der Waals surface area contributed by atoms with E-state index in [2.05, 4.69) is 10.00 Å². The van der Waals surface area contributed by atoms with Crippen molar-refractivity contribution in [3.05, 3.63) is 18.0 Å². The largest absolute Gasteiger partial charge is 0.389 e. The lowest BCUT2D eigenvalue weighted by atomic mass is 10.3. The van der Waals surface area contributed by atoms with Crippen LogP contribution >= 0.6 is 0 Å². The summed E-state index contributed by atoms with van der Waals surface area (Å²) in [7, 11) is 3.87. The lowest BCUT2D eigenvalue weighted by Crippen LogP contribution is -2.31. The van der Waals surface area contributed by atoms with Gasteiger partial charge in [0.2, 0.25) is 0 Å². The van der Waals surface area contributed by atoms with Crippen LogP contribution in [0.4, 0.5) is 0 Å². The molecule has 1 aromatic rings. The number of ether oxygens (including phenoxy) is 1. The van der Waals surface area contributed by atoms with Crippen LogP contribution in [-0.4, -0.2) is 52.7 Å². The van der Waals surface area contributed by atoms with Gasteiger partial charge in [-0.25, -0.2) is 0 Å². The summed E-state index contributed by atoms with van der Waals surface area (Å²) in [5.41, 5.74) is 1.15. The van der Waals surface area contributed by atoms with E-state index in [-0.39, 0.29) is 0 Å². The van der Waals surface area contributed by atoms with Crippen molar-refractivity contribution in [3.8, 4) is 0 Å². The average Bonchev–Trinajstić information content (AvgIpc) is 2.60. The zero-order chi connectivity index (χ0) is 12.0. The highest BCUT2D eigenvalue weighted by molar-refractivity contribution is 5.02. The van der Waals surface area contributed by atoms with Crippen LogP contribution in [0.5, 0.6) is 0 Å². The maximum absolute atomic E-state index is 9.65. The Labute approximate surface area is 96.6 Å². The van der Waals surface area contributed by atoms with Gasteiger partial charge in [0, 0.05) is 38.5 Å². The van der Waals surface area contributed by atoms with Crippen molar-refractivity contribution in [2.24, 2.45) is 7.05 Å². The van der Waals surface area contributed by atoms with Crippen molar-refractivity contribution < 1.29 is 9.84 Å². The Morgan fingerprint density at radius 3 is 2.94 bits per heavy atom. The summed E-state index contributed by atoms with van der Waals surface area (Å²) >= 11 is 0. The summed E-state index contributed by atoms with van der Waals surface area (Å²) in [5, 5.41) is 13.7. The number of hydrogen-bond acceptors (Lipinski definition) is 4. The normalized spacial score (nSPS) is 13.3. The first kappa shape index (κ1) is 13.2. The molecule has 0 bridgehead atoms. The van der Waals surface area contributed by atoms with Gasteiger partial charge in [-0.15, -0.1) is 0 Å². The Bertz CT molecular complexity index is 301. The quantitative estimate of drug-likeness (QED) is 0.725. The van der Waals surface area contributed by atoms with Gasteiger partial charge in [-0.05, 0) is 14.0 Å². The molecule has 0 saturated carbocycles. The Morgan fingerprint density at radius 2 is 2.38 bits per heavy atom. The summed E-state index contributed by atoms with van der Waals surface area (Å²) in [5.74, 6) is 0. The van der Waals surface area contributed by atoms with Crippen LogP contribution in [0.15, 0.2) is 12.4 Å². The molecule has 1 aromatic heterocycles. The first-order valence-electron chi connectivity index (χ1n) is 5.53. The van der Waals surface area contributed by atoms with Crippen LogP contribution in [0, 0.1) is 0 Å². The van der Waals surface area contributed by atoms with Crippen molar-refractivity contribution in [1.29, 1.82) is 0 Å². The minimum atomic E-state index is -0.429. The van der Waals surface area contributed by atoms with Gasteiger partial charge in [0.05, 0.1) is 18.9 Å². The first-order valence-corrected chi connectivity index (χ1v) is 5.53. The van der Waals surface area contributed by atoms with Crippen molar-refractivity contribution in [2.45, 2.75) is 19.6 Å². The van der Waals surface area contributed by atoms with Crippen LogP contribution in [0.3, 0.4) is 0 Å². The molecule has 0 spiro atoms. The molecular formula is C11H21N3O2. The molecule has 0 aliphatic carbocycles.